The quantitative estimate of drug-likeness (QED) is 0.814. The molecule has 0 saturated carbocycles. The van der Waals surface area contributed by atoms with E-state index in [2.05, 4.69) is 16.8 Å². The van der Waals surface area contributed by atoms with E-state index < -0.39 is 0 Å². The number of amides is 1. The minimum absolute atomic E-state index is 0.0430. The fraction of sp³-hybridized carbons (Fsp3) is 0.222. The molecule has 0 bridgehead atoms. The molecule has 0 aliphatic carbocycles. The maximum absolute atomic E-state index is 12.3. The summed E-state index contributed by atoms with van der Waals surface area (Å²) >= 11 is 0. The number of nitrogens with zero attached hydrogens (tertiary/aromatic N) is 2. The number of carbonyl (C=O) groups excluding carboxylic acids is 1. The predicted octanol–water partition coefficient (Wildman–Crippen LogP) is 2.60. The second-order valence-corrected chi connectivity index (χ2v) is 4.73. The maximum Gasteiger partial charge on any atom is 0.253 e. The Morgan fingerprint density at radius 2 is 2.14 bits per heavy atom. The molecule has 0 aliphatic heterocycles. The first-order chi connectivity index (χ1) is 10.7. The molecule has 0 radical (unpaired) electrons. The number of benzene rings is 1. The van der Waals surface area contributed by atoms with Crippen LogP contribution in [0.25, 0.3) is 0 Å². The molecular formula is C18H18N2O2. The van der Waals surface area contributed by atoms with Gasteiger partial charge in [-0.1, -0.05) is 18.1 Å². The second-order valence-electron chi connectivity index (χ2n) is 4.73. The van der Waals surface area contributed by atoms with Gasteiger partial charge in [-0.05, 0) is 36.3 Å². The topological polar surface area (TPSA) is 42.4 Å². The molecule has 0 aliphatic rings. The third-order valence-corrected chi connectivity index (χ3v) is 3.12. The van der Waals surface area contributed by atoms with E-state index in [0.717, 1.165) is 5.69 Å². The fourth-order valence-electron chi connectivity index (χ4n) is 1.89. The standard InChI is InChI=1S/C18H18N2O2/c1-20(13-6-4-10-16-9-3-5-12-19-16)18(21)15-8-7-11-17(14-15)22-2/h3,5,7-9,11-12,14H,6,13H2,1-2H3. The molecule has 0 spiro atoms. The van der Waals surface area contributed by atoms with Crippen LogP contribution in [0.2, 0.25) is 0 Å². The highest BCUT2D eigenvalue weighted by molar-refractivity contribution is 5.94. The molecule has 1 amide bonds. The zero-order valence-corrected chi connectivity index (χ0v) is 12.7. The number of hydrogen-bond donors (Lipinski definition) is 0. The molecule has 0 unspecified atom stereocenters. The summed E-state index contributed by atoms with van der Waals surface area (Å²) in [5.41, 5.74) is 1.35. The summed E-state index contributed by atoms with van der Waals surface area (Å²) < 4.78 is 5.13. The molecule has 1 aromatic heterocycles. The Morgan fingerprint density at radius 1 is 1.27 bits per heavy atom. The number of carbonyl (C=O) groups is 1. The van der Waals surface area contributed by atoms with E-state index in [-0.39, 0.29) is 5.91 Å². The maximum atomic E-state index is 12.3. The van der Waals surface area contributed by atoms with Crippen molar-refractivity contribution in [2.45, 2.75) is 6.42 Å². The van der Waals surface area contributed by atoms with Gasteiger partial charge in [0.05, 0.1) is 7.11 Å². The van der Waals surface area contributed by atoms with Crippen LogP contribution in [0, 0.1) is 11.8 Å². The minimum atomic E-state index is -0.0430. The fourth-order valence-corrected chi connectivity index (χ4v) is 1.89. The Bertz CT molecular complexity index is 687. The summed E-state index contributed by atoms with van der Waals surface area (Å²) in [6, 6.07) is 12.7. The molecular weight excluding hydrogens is 276 g/mol. The van der Waals surface area contributed by atoms with Crippen LogP contribution in [0.3, 0.4) is 0 Å². The summed E-state index contributed by atoms with van der Waals surface area (Å²) in [6.45, 7) is 0.565. The lowest BCUT2D eigenvalue weighted by molar-refractivity contribution is 0.0798. The molecule has 0 saturated heterocycles. The molecule has 1 aromatic carbocycles. The molecule has 0 fully saturated rings. The first kappa shape index (κ1) is 15.6. The summed E-state index contributed by atoms with van der Waals surface area (Å²) in [5, 5.41) is 0. The van der Waals surface area contributed by atoms with Crippen molar-refractivity contribution in [1.29, 1.82) is 0 Å². The van der Waals surface area contributed by atoms with Crippen LogP contribution in [0.1, 0.15) is 22.5 Å². The third-order valence-electron chi connectivity index (χ3n) is 3.12. The van der Waals surface area contributed by atoms with Crippen LogP contribution >= 0.6 is 0 Å². The Kier molecular flexibility index (Phi) is 5.56. The molecule has 1 heterocycles. The van der Waals surface area contributed by atoms with Crippen LogP contribution in [0.4, 0.5) is 0 Å². The lowest BCUT2D eigenvalue weighted by Crippen LogP contribution is -2.27. The van der Waals surface area contributed by atoms with Gasteiger partial charge < -0.3 is 9.64 Å². The van der Waals surface area contributed by atoms with Crippen LogP contribution in [0.15, 0.2) is 48.7 Å². The molecule has 2 aromatic rings. The van der Waals surface area contributed by atoms with E-state index in [0.29, 0.717) is 24.3 Å². The van der Waals surface area contributed by atoms with Crippen molar-refractivity contribution in [3.8, 4) is 17.6 Å². The number of aromatic nitrogens is 1. The van der Waals surface area contributed by atoms with Crippen molar-refractivity contribution in [2.24, 2.45) is 0 Å². The largest absolute Gasteiger partial charge is 0.497 e. The van der Waals surface area contributed by atoms with Crippen molar-refractivity contribution in [1.82, 2.24) is 9.88 Å². The third kappa shape index (κ3) is 4.35. The smallest absolute Gasteiger partial charge is 0.253 e. The number of methoxy groups -OCH3 is 1. The van der Waals surface area contributed by atoms with Crippen molar-refractivity contribution in [3.63, 3.8) is 0 Å². The average molecular weight is 294 g/mol. The first-order valence-corrected chi connectivity index (χ1v) is 7.00. The summed E-state index contributed by atoms with van der Waals surface area (Å²) in [5.74, 6) is 6.64. The Morgan fingerprint density at radius 3 is 2.86 bits per heavy atom. The number of pyridine rings is 1. The highest BCUT2D eigenvalue weighted by Crippen LogP contribution is 2.14. The SMILES string of the molecule is COc1cccc(C(=O)N(C)CCC#Cc2ccccn2)c1. The van der Waals surface area contributed by atoms with Crippen molar-refractivity contribution in [3.05, 3.63) is 59.9 Å². The van der Waals surface area contributed by atoms with Crippen LogP contribution in [-0.2, 0) is 0 Å². The zero-order valence-electron chi connectivity index (χ0n) is 12.7. The minimum Gasteiger partial charge on any atom is -0.497 e. The van der Waals surface area contributed by atoms with Gasteiger partial charge in [-0.25, -0.2) is 4.98 Å². The van der Waals surface area contributed by atoms with E-state index in [1.807, 2.05) is 24.3 Å². The summed E-state index contributed by atoms with van der Waals surface area (Å²) in [7, 11) is 3.35. The molecule has 0 N–H and O–H groups in total. The van der Waals surface area contributed by atoms with Gasteiger partial charge >= 0.3 is 0 Å². The summed E-state index contributed by atoms with van der Waals surface area (Å²) in [4.78, 5) is 18.1. The number of hydrogen-bond acceptors (Lipinski definition) is 3. The van der Waals surface area contributed by atoms with E-state index in [1.54, 1.807) is 43.5 Å². The normalized spacial score (nSPS) is 9.55. The molecule has 4 heteroatoms. The van der Waals surface area contributed by atoms with E-state index >= 15 is 0 Å². The predicted molar refractivity (Wildman–Crippen MR) is 85.7 cm³/mol. The van der Waals surface area contributed by atoms with Gasteiger partial charge in [0.15, 0.2) is 0 Å². The van der Waals surface area contributed by atoms with Gasteiger partial charge in [-0.2, -0.15) is 0 Å². The van der Waals surface area contributed by atoms with Gasteiger partial charge in [0, 0.05) is 31.8 Å². The molecule has 22 heavy (non-hydrogen) atoms. The summed E-state index contributed by atoms with van der Waals surface area (Å²) in [6.07, 6.45) is 2.31. The van der Waals surface area contributed by atoms with Gasteiger partial charge in [-0.3, -0.25) is 4.79 Å². The Balaban J connectivity index is 1.90. The van der Waals surface area contributed by atoms with Crippen LogP contribution < -0.4 is 4.74 Å². The Hall–Kier alpha value is -2.80. The molecule has 4 nitrogen and oxygen atoms in total. The molecule has 2 rings (SSSR count). The van der Waals surface area contributed by atoms with E-state index in [1.165, 1.54) is 0 Å². The highest BCUT2D eigenvalue weighted by atomic mass is 16.5. The van der Waals surface area contributed by atoms with Crippen LogP contribution in [0.5, 0.6) is 5.75 Å². The van der Waals surface area contributed by atoms with E-state index in [9.17, 15) is 4.79 Å². The number of rotatable bonds is 4. The molecule has 112 valence electrons. The van der Waals surface area contributed by atoms with Gasteiger partial charge in [0.25, 0.3) is 5.91 Å². The zero-order chi connectivity index (χ0) is 15.8. The van der Waals surface area contributed by atoms with Gasteiger partial charge in [-0.15, -0.1) is 0 Å². The highest BCUT2D eigenvalue weighted by Gasteiger charge is 2.11. The average Bonchev–Trinajstić information content (AvgIpc) is 2.58. The molecule has 0 atom stereocenters. The van der Waals surface area contributed by atoms with Gasteiger partial charge in [0.2, 0.25) is 0 Å². The monoisotopic (exact) mass is 294 g/mol. The van der Waals surface area contributed by atoms with Gasteiger partial charge in [0.1, 0.15) is 11.4 Å². The van der Waals surface area contributed by atoms with Crippen molar-refractivity contribution in [2.75, 3.05) is 20.7 Å². The first-order valence-electron chi connectivity index (χ1n) is 7.00. The van der Waals surface area contributed by atoms with Crippen LogP contribution in [-0.4, -0.2) is 36.5 Å². The second kappa shape index (κ2) is 7.84. The van der Waals surface area contributed by atoms with Crippen molar-refractivity contribution < 1.29 is 9.53 Å². The van der Waals surface area contributed by atoms with E-state index in [4.69, 9.17) is 4.74 Å². The Labute approximate surface area is 130 Å². The lowest BCUT2D eigenvalue weighted by atomic mass is 10.2. The lowest BCUT2D eigenvalue weighted by Gasteiger charge is -2.16. The van der Waals surface area contributed by atoms with Crippen molar-refractivity contribution >= 4 is 5.91 Å². The number of ether oxygens (including phenoxy) is 1.